The largest absolute Gasteiger partial charge is 0.444 e. The molecule has 1 amide bonds. The summed E-state index contributed by atoms with van der Waals surface area (Å²) in [7, 11) is 0. The Balaban J connectivity index is 1.62. The normalized spacial score (nSPS) is 17.7. The minimum atomic E-state index is -0.563. The average Bonchev–Trinajstić information content (AvgIpc) is 3.49. The number of ether oxygens (including phenoxy) is 2. The van der Waals surface area contributed by atoms with E-state index in [2.05, 4.69) is 15.5 Å². The molecule has 2 aliphatic rings. The third kappa shape index (κ3) is 5.57. The van der Waals surface area contributed by atoms with E-state index in [0.717, 1.165) is 37.3 Å². The quantitative estimate of drug-likeness (QED) is 0.712. The Hall–Kier alpha value is -2.58. The summed E-state index contributed by atoms with van der Waals surface area (Å²) in [5.74, 6) is 1.28. The van der Waals surface area contributed by atoms with Crippen molar-refractivity contribution in [1.82, 2.24) is 15.3 Å². The molecule has 1 aliphatic heterocycles. The highest BCUT2D eigenvalue weighted by atomic mass is 35.5. The van der Waals surface area contributed by atoms with Gasteiger partial charge in [-0.2, -0.15) is 4.98 Å². The van der Waals surface area contributed by atoms with Gasteiger partial charge in [-0.05, 0) is 57.9 Å². The predicted molar refractivity (Wildman–Crippen MR) is 120 cm³/mol. The maximum atomic E-state index is 12.5. The number of alkyl carbamates (subject to hydrolysis) is 1. The molecule has 2 aromatic rings. The number of amides is 1. The van der Waals surface area contributed by atoms with Gasteiger partial charge in [-0.15, -0.1) is 0 Å². The first-order chi connectivity index (χ1) is 14.7. The predicted octanol–water partition coefficient (Wildman–Crippen LogP) is 4.22. The van der Waals surface area contributed by atoms with E-state index in [-0.39, 0.29) is 0 Å². The highest BCUT2D eigenvalue weighted by Gasteiger charge is 2.48. The zero-order chi connectivity index (χ0) is 22.1. The van der Waals surface area contributed by atoms with Gasteiger partial charge in [0.1, 0.15) is 11.4 Å². The molecule has 0 atom stereocenters. The van der Waals surface area contributed by atoms with Crippen LogP contribution in [-0.2, 0) is 15.0 Å². The number of anilines is 3. The zero-order valence-corrected chi connectivity index (χ0v) is 18.8. The van der Waals surface area contributed by atoms with Crippen LogP contribution in [0.4, 0.5) is 22.2 Å². The second-order valence-electron chi connectivity index (χ2n) is 8.88. The molecule has 1 aromatic heterocycles. The van der Waals surface area contributed by atoms with Crippen LogP contribution < -0.4 is 15.5 Å². The van der Waals surface area contributed by atoms with Crippen LogP contribution in [0.2, 0.25) is 5.02 Å². The van der Waals surface area contributed by atoms with E-state index in [1.807, 2.05) is 51.1 Å². The highest BCUT2D eigenvalue weighted by molar-refractivity contribution is 6.30. The molecule has 0 unspecified atom stereocenters. The third-order valence-corrected chi connectivity index (χ3v) is 5.36. The van der Waals surface area contributed by atoms with E-state index in [1.54, 1.807) is 0 Å². The van der Waals surface area contributed by atoms with Crippen LogP contribution in [0.1, 0.15) is 39.3 Å². The molecule has 31 heavy (non-hydrogen) atoms. The summed E-state index contributed by atoms with van der Waals surface area (Å²) >= 11 is 6.00. The van der Waals surface area contributed by atoms with Crippen LogP contribution in [0, 0.1) is 0 Å². The first-order valence-electron chi connectivity index (χ1n) is 10.5. The molecule has 1 saturated heterocycles. The van der Waals surface area contributed by atoms with Crippen LogP contribution in [0.3, 0.4) is 0 Å². The Labute approximate surface area is 187 Å². The van der Waals surface area contributed by atoms with Crippen molar-refractivity contribution < 1.29 is 14.3 Å². The summed E-state index contributed by atoms with van der Waals surface area (Å²) < 4.78 is 10.9. The summed E-state index contributed by atoms with van der Waals surface area (Å²) in [6, 6.07) is 9.32. The van der Waals surface area contributed by atoms with Crippen LogP contribution in [0.25, 0.3) is 0 Å². The van der Waals surface area contributed by atoms with Gasteiger partial charge >= 0.3 is 6.09 Å². The highest BCUT2D eigenvalue weighted by Crippen LogP contribution is 2.46. The molecule has 1 saturated carbocycles. The minimum Gasteiger partial charge on any atom is -0.444 e. The van der Waals surface area contributed by atoms with Crippen molar-refractivity contribution in [2.75, 3.05) is 36.5 Å². The van der Waals surface area contributed by atoms with Gasteiger partial charge in [-0.1, -0.05) is 11.6 Å². The topological polar surface area (TPSA) is 88.6 Å². The summed E-state index contributed by atoms with van der Waals surface area (Å²) in [6.07, 6.45) is 1.15. The SMILES string of the molecule is CC(C)(C)OC(=O)NC1(c2cc(Nc3ccc(Cl)cc3)nc(N3CCOCC3)n2)CC1. The second kappa shape index (κ2) is 8.51. The number of hydrogen-bond donors (Lipinski definition) is 2. The Morgan fingerprint density at radius 1 is 1.16 bits per heavy atom. The lowest BCUT2D eigenvalue weighted by atomic mass is 10.1. The number of halogens is 1. The monoisotopic (exact) mass is 445 g/mol. The molecule has 9 heteroatoms. The van der Waals surface area contributed by atoms with Gasteiger partial charge in [0.15, 0.2) is 0 Å². The van der Waals surface area contributed by atoms with E-state index in [9.17, 15) is 4.79 Å². The van der Waals surface area contributed by atoms with Gasteiger partial charge in [-0.3, -0.25) is 0 Å². The number of benzene rings is 1. The van der Waals surface area contributed by atoms with E-state index in [1.165, 1.54) is 0 Å². The Morgan fingerprint density at radius 2 is 1.84 bits per heavy atom. The fourth-order valence-corrected chi connectivity index (χ4v) is 3.52. The van der Waals surface area contributed by atoms with E-state index < -0.39 is 17.2 Å². The second-order valence-corrected chi connectivity index (χ2v) is 9.32. The van der Waals surface area contributed by atoms with Crippen LogP contribution in [-0.4, -0.2) is 48.0 Å². The number of nitrogens with one attached hydrogen (secondary N) is 2. The first kappa shape index (κ1) is 21.6. The van der Waals surface area contributed by atoms with E-state index in [0.29, 0.717) is 30.0 Å². The molecule has 0 spiro atoms. The maximum absolute atomic E-state index is 12.5. The molecule has 2 fully saturated rings. The standard InChI is InChI=1S/C22H28ClN5O3/c1-21(2,3)31-20(29)27-22(8-9-22)17-14-18(24-16-6-4-15(23)5-7-16)26-19(25-17)28-10-12-30-13-11-28/h4-7,14H,8-13H2,1-3H3,(H,27,29)(H,24,25,26). The molecule has 1 aliphatic carbocycles. The van der Waals surface area contributed by atoms with Crippen LogP contribution in [0.15, 0.2) is 30.3 Å². The van der Waals surface area contributed by atoms with Gasteiger partial charge in [0, 0.05) is 29.9 Å². The fraction of sp³-hybridized carbons (Fsp3) is 0.500. The van der Waals surface area contributed by atoms with Gasteiger partial charge in [-0.25, -0.2) is 9.78 Å². The van der Waals surface area contributed by atoms with Crippen molar-refractivity contribution in [3.63, 3.8) is 0 Å². The molecule has 2 N–H and O–H groups in total. The van der Waals surface area contributed by atoms with Crippen molar-refractivity contribution in [1.29, 1.82) is 0 Å². The van der Waals surface area contributed by atoms with Crippen LogP contribution >= 0.6 is 11.6 Å². The maximum Gasteiger partial charge on any atom is 0.408 e. The number of rotatable bonds is 5. The molecule has 1 aromatic carbocycles. The fourth-order valence-electron chi connectivity index (χ4n) is 3.40. The molecule has 4 rings (SSSR count). The Bertz CT molecular complexity index is 935. The third-order valence-electron chi connectivity index (χ3n) is 5.11. The summed E-state index contributed by atoms with van der Waals surface area (Å²) in [5, 5.41) is 7.03. The summed E-state index contributed by atoms with van der Waals surface area (Å²) in [5.41, 5.74) is 0.535. The van der Waals surface area contributed by atoms with Crippen molar-refractivity contribution in [3.8, 4) is 0 Å². The molecule has 166 valence electrons. The molecule has 0 radical (unpaired) electrons. The lowest BCUT2D eigenvalue weighted by Crippen LogP contribution is -2.41. The lowest BCUT2D eigenvalue weighted by molar-refractivity contribution is 0.0493. The number of carbonyl (C=O) groups excluding carboxylic acids is 1. The Kier molecular flexibility index (Phi) is 5.94. The van der Waals surface area contributed by atoms with Crippen molar-refractivity contribution >= 4 is 35.1 Å². The Morgan fingerprint density at radius 3 is 2.45 bits per heavy atom. The van der Waals surface area contributed by atoms with Gasteiger partial charge in [0.2, 0.25) is 5.95 Å². The summed E-state index contributed by atoms with van der Waals surface area (Å²) in [6.45, 7) is 8.25. The van der Waals surface area contributed by atoms with Crippen LogP contribution in [0.5, 0.6) is 0 Å². The van der Waals surface area contributed by atoms with Gasteiger partial charge in [0.25, 0.3) is 0 Å². The smallest absolute Gasteiger partial charge is 0.408 e. The number of hydrogen-bond acceptors (Lipinski definition) is 7. The minimum absolute atomic E-state index is 0.441. The lowest BCUT2D eigenvalue weighted by Gasteiger charge is -2.28. The van der Waals surface area contributed by atoms with Gasteiger partial charge in [0.05, 0.1) is 24.4 Å². The molecular formula is C22H28ClN5O3. The number of carbonyl (C=O) groups is 1. The van der Waals surface area contributed by atoms with E-state index in [4.69, 9.17) is 31.0 Å². The van der Waals surface area contributed by atoms with Crippen molar-refractivity contribution in [2.45, 2.75) is 44.8 Å². The molecular weight excluding hydrogens is 418 g/mol. The average molecular weight is 446 g/mol. The van der Waals surface area contributed by atoms with Crippen molar-refractivity contribution in [3.05, 3.63) is 41.0 Å². The summed E-state index contributed by atoms with van der Waals surface area (Å²) in [4.78, 5) is 24.1. The number of morpholine rings is 1. The van der Waals surface area contributed by atoms with Crippen molar-refractivity contribution in [2.24, 2.45) is 0 Å². The zero-order valence-electron chi connectivity index (χ0n) is 18.1. The van der Waals surface area contributed by atoms with E-state index >= 15 is 0 Å². The van der Waals surface area contributed by atoms with Gasteiger partial charge < -0.3 is 25.0 Å². The molecule has 8 nitrogen and oxygen atoms in total. The number of nitrogens with zero attached hydrogens (tertiary/aromatic N) is 3. The molecule has 2 heterocycles. The number of aromatic nitrogens is 2. The molecule has 0 bridgehead atoms. The first-order valence-corrected chi connectivity index (χ1v) is 10.9.